The first kappa shape index (κ1) is 19.9. The summed E-state index contributed by atoms with van der Waals surface area (Å²) in [5.41, 5.74) is 4.01. The van der Waals surface area contributed by atoms with Crippen LogP contribution in [0.2, 0.25) is 0 Å². The van der Waals surface area contributed by atoms with Crippen molar-refractivity contribution >= 4 is 34.5 Å². The lowest BCUT2D eigenvalue weighted by molar-refractivity contribution is -0.118. The first-order valence-corrected chi connectivity index (χ1v) is 10.6. The number of ether oxygens (including phenoxy) is 2. The summed E-state index contributed by atoms with van der Waals surface area (Å²) in [5.74, 6) is 0.976. The molecule has 0 unspecified atom stereocenters. The highest BCUT2D eigenvalue weighted by Crippen LogP contribution is 2.26. The van der Waals surface area contributed by atoms with Crippen LogP contribution in [0.15, 0.2) is 59.4 Å². The number of amides is 2. The molecule has 154 valence electrons. The van der Waals surface area contributed by atoms with Crippen molar-refractivity contribution in [2.45, 2.75) is 19.4 Å². The Kier molecular flexibility index (Phi) is 6.24. The lowest BCUT2D eigenvalue weighted by Gasteiger charge is -2.16. The molecule has 2 amide bonds. The largest absolute Gasteiger partial charge is 0.485 e. The third-order valence-corrected chi connectivity index (χ3v) is 5.25. The van der Waals surface area contributed by atoms with Crippen LogP contribution in [0.5, 0.6) is 11.5 Å². The first-order valence-electron chi connectivity index (χ1n) is 9.61. The first-order chi connectivity index (χ1) is 14.7. The van der Waals surface area contributed by atoms with Gasteiger partial charge in [0.1, 0.15) is 18.1 Å². The van der Waals surface area contributed by atoms with Crippen LogP contribution in [0.3, 0.4) is 0 Å². The molecule has 0 atom stereocenters. The Morgan fingerprint density at radius 2 is 1.97 bits per heavy atom. The average Bonchev–Trinajstić information content (AvgIpc) is 3.44. The van der Waals surface area contributed by atoms with Gasteiger partial charge in [0.15, 0.2) is 6.61 Å². The molecule has 0 spiro atoms. The van der Waals surface area contributed by atoms with E-state index in [4.69, 9.17) is 9.47 Å². The normalized spacial score (nSPS) is 13.3. The second-order valence-corrected chi connectivity index (χ2v) is 7.46. The summed E-state index contributed by atoms with van der Waals surface area (Å²) in [6.45, 7) is 0.937. The number of aromatic nitrogens is 1. The van der Waals surface area contributed by atoms with Crippen LogP contribution >= 0.6 is 11.3 Å². The molecule has 1 aliphatic heterocycles. The number of thiazole rings is 1. The number of carbonyl (C=O) groups is 2. The zero-order valence-electron chi connectivity index (χ0n) is 16.2. The summed E-state index contributed by atoms with van der Waals surface area (Å²) in [6, 6.07) is 14.4. The summed E-state index contributed by atoms with van der Waals surface area (Å²) in [4.78, 5) is 30.1. The minimum absolute atomic E-state index is 0.136. The zero-order valence-corrected chi connectivity index (χ0v) is 17.1. The molecule has 4 rings (SSSR count). The van der Waals surface area contributed by atoms with E-state index in [0.717, 1.165) is 24.3 Å². The van der Waals surface area contributed by atoms with Gasteiger partial charge in [0.25, 0.3) is 5.91 Å². The molecular weight excluding hydrogens is 402 g/mol. The van der Waals surface area contributed by atoms with Gasteiger partial charge in [0.05, 0.1) is 16.9 Å². The maximum atomic E-state index is 12.3. The van der Waals surface area contributed by atoms with Crippen molar-refractivity contribution in [2.24, 2.45) is 0 Å². The number of nitrogens with zero attached hydrogens (tertiary/aromatic N) is 2. The Bertz CT molecular complexity index is 1010. The second-order valence-electron chi connectivity index (χ2n) is 6.74. The van der Waals surface area contributed by atoms with Crippen molar-refractivity contribution in [1.29, 1.82) is 0 Å². The smallest absolute Gasteiger partial charge is 0.262 e. The van der Waals surface area contributed by atoms with Crippen LogP contribution in [-0.4, -0.2) is 29.9 Å². The standard InChI is InChI=1S/C22H21N3O4S/c26-21(13-28-18-9-7-17(8-10-18)25-11-3-6-22(25)27)24-19-4-1-2-5-20(19)29-12-16-14-30-15-23-16/h1-2,4-5,7-10,14-15H,3,6,11-13H2,(H,24,26). The van der Waals surface area contributed by atoms with E-state index in [2.05, 4.69) is 10.3 Å². The summed E-state index contributed by atoms with van der Waals surface area (Å²) in [6.07, 6.45) is 1.47. The number of benzene rings is 2. The van der Waals surface area contributed by atoms with E-state index in [9.17, 15) is 9.59 Å². The molecule has 7 nitrogen and oxygen atoms in total. The van der Waals surface area contributed by atoms with E-state index >= 15 is 0 Å². The van der Waals surface area contributed by atoms with Gasteiger partial charge in [-0.3, -0.25) is 9.59 Å². The molecular formula is C22H21N3O4S. The van der Waals surface area contributed by atoms with E-state index in [0.29, 0.717) is 30.2 Å². The maximum absolute atomic E-state index is 12.3. The molecule has 8 heteroatoms. The molecule has 1 aromatic heterocycles. The minimum Gasteiger partial charge on any atom is -0.485 e. The molecule has 1 aliphatic rings. The third kappa shape index (κ3) is 4.96. The van der Waals surface area contributed by atoms with Crippen LogP contribution in [0.1, 0.15) is 18.5 Å². The van der Waals surface area contributed by atoms with Gasteiger partial charge in [-0.05, 0) is 42.8 Å². The third-order valence-electron chi connectivity index (χ3n) is 4.61. The zero-order chi connectivity index (χ0) is 20.8. The number of hydrogen-bond acceptors (Lipinski definition) is 6. The van der Waals surface area contributed by atoms with Crippen LogP contribution in [0, 0.1) is 0 Å². The number of rotatable bonds is 8. The molecule has 0 radical (unpaired) electrons. The highest BCUT2D eigenvalue weighted by Gasteiger charge is 2.21. The Balaban J connectivity index is 1.30. The maximum Gasteiger partial charge on any atom is 0.262 e. The number of hydrogen-bond donors (Lipinski definition) is 1. The molecule has 30 heavy (non-hydrogen) atoms. The van der Waals surface area contributed by atoms with Gasteiger partial charge in [0.2, 0.25) is 5.91 Å². The van der Waals surface area contributed by atoms with Crippen molar-refractivity contribution in [3.63, 3.8) is 0 Å². The summed E-state index contributed by atoms with van der Waals surface area (Å²) >= 11 is 1.51. The van der Waals surface area contributed by atoms with Crippen molar-refractivity contribution in [1.82, 2.24) is 4.98 Å². The lowest BCUT2D eigenvalue weighted by Crippen LogP contribution is -2.23. The van der Waals surface area contributed by atoms with Crippen LogP contribution < -0.4 is 19.7 Å². The fourth-order valence-corrected chi connectivity index (χ4v) is 3.68. The summed E-state index contributed by atoms with van der Waals surface area (Å²) < 4.78 is 11.4. The van der Waals surface area contributed by atoms with E-state index in [1.54, 1.807) is 34.7 Å². The predicted molar refractivity (Wildman–Crippen MR) is 115 cm³/mol. The van der Waals surface area contributed by atoms with Crippen molar-refractivity contribution < 1.29 is 19.1 Å². The lowest BCUT2D eigenvalue weighted by atomic mass is 10.3. The topological polar surface area (TPSA) is 80.8 Å². The number of nitrogens with one attached hydrogen (secondary N) is 1. The fraction of sp³-hybridized carbons (Fsp3) is 0.227. The molecule has 0 saturated carbocycles. The Morgan fingerprint density at radius 1 is 1.13 bits per heavy atom. The van der Waals surface area contributed by atoms with Crippen LogP contribution in [-0.2, 0) is 16.2 Å². The number of carbonyl (C=O) groups excluding carboxylic acids is 2. The Labute approximate surface area is 178 Å². The number of anilines is 2. The molecule has 2 aromatic carbocycles. The quantitative estimate of drug-likeness (QED) is 0.595. The van der Waals surface area contributed by atoms with Gasteiger partial charge in [-0.25, -0.2) is 4.98 Å². The molecule has 0 bridgehead atoms. The van der Waals surface area contributed by atoms with Gasteiger partial charge in [-0.2, -0.15) is 0 Å². The van der Waals surface area contributed by atoms with E-state index < -0.39 is 0 Å². The summed E-state index contributed by atoms with van der Waals surface area (Å²) in [5, 5.41) is 4.73. The minimum atomic E-state index is -0.293. The van der Waals surface area contributed by atoms with Crippen LogP contribution in [0.4, 0.5) is 11.4 Å². The molecule has 1 N–H and O–H groups in total. The Morgan fingerprint density at radius 3 is 2.70 bits per heavy atom. The van der Waals surface area contributed by atoms with Gasteiger partial charge in [-0.1, -0.05) is 12.1 Å². The molecule has 1 fully saturated rings. The fourth-order valence-electron chi connectivity index (χ4n) is 3.13. The molecule has 2 heterocycles. The van der Waals surface area contributed by atoms with Crippen LogP contribution in [0.25, 0.3) is 0 Å². The van der Waals surface area contributed by atoms with E-state index in [1.807, 2.05) is 29.6 Å². The average molecular weight is 423 g/mol. The van der Waals surface area contributed by atoms with Crippen molar-refractivity contribution in [2.75, 3.05) is 23.4 Å². The predicted octanol–water partition coefficient (Wildman–Crippen LogP) is 3.87. The monoisotopic (exact) mass is 423 g/mol. The van der Waals surface area contributed by atoms with Crippen molar-refractivity contribution in [3.8, 4) is 11.5 Å². The summed E-state index contributed by atoms with van der Waals surface area (Å²) in [7, 11) is 0. The van der Waals surface area contributed by atoms with E-state index in [1.165, 1.54) is 11.3 Å². The SMILES string of the molecule is O=C(COc1ccc(N2CCCC2=O)cc1)Nc1ccccc1OCc1cscn1. The molecule has 0 aliphatic carbocycles. The van der Waals surface area contributed by atoms with Gasteiger partial charge < -0.3 is 19.7 Å². The molecule has 1 saturated heterocycles. The highest BCUT2D eigenvalue weighted by atomic mass is 32.1. The molecule has 3 aromatic rings. The van der Waals surface area contributed by atoms with Gasteiger partial charge in [-0.15, -0.1) is 11.3 Å². The van der Waals surface area contributed by atoms with Gasteiger partial charge >= 0.3 is 0 Å². The van der Waals surface area contributed by atoms with E-state index in [-0.39, 0.29) is 18.4 Å². The number of para-hydroxylation sites is 2. The highest BCUT2D eigenvalue weighted by molar-refractivity contribution is 7.07. The Hall–Kier alpha value is -3.39. The second kappa shape index (κ2) is 9.41. The van der Waals surface area contributed by atoms with Gasteiger partial charge in [0, 0.05) is 24.0 Å². The van der Waals surface area contributed by atoms with Crippen molar-refractivity contribution in [3.05, 3.63) is 65.1 Å².